The molecular weight excluding hydrogens is 419 g/mol. The van der Waals surface area contributed by atoms with E-state index in [4.69, 9.17) is 4.42 Å². The van der Waals surface area contributed by atoms with Gasteiger partial charge in [-0.1, -0.05) is 23.9 Å². The molecule has 3 rings (SSSR count). The van der Waals surface area contributed by atoms with Crippen molar-refractivity contribution < 1.29 is 27.2 Å². The molecule has 0 saturated carbocycles. The number of nitrogens with one attached hydrogen (secondary N) is 2. The molecule has 0 fully saturated rings. The van der Waals surface area contributed by atoms with Crippen molar-refractivity contribution in [3.05, 3.63) is 77.9 Å². The number of thioether (sulfide) groups is 1. The van der Waals surface area contributed by atoms with Crippen molar-refractivity contribution in [3.8, 4) is 0 Å². The molecule has 0 unspecified atom stereocenters. The van der Waals surface area contributed by atoms with Crippen molar-refractivity contribution in [3.63, 3.8) is 0 Å². The highest BCUT2D eigenvalue weighted by Crippen LogP contribution is 2.34. The zero-order valence-electron chi connectivity index (χ0n) is 15.4. The first-order chi connectivity index (χ1) is 14.3. The van der Waals surface area contributed by atoms with E-state index in [0.717, 1.165) is 17.8 Å². The predicted molar refractivity (Wildman–Crippen MR) is 105 cm³/mol. The number of alkyl halides is 3. The zero-order valence-corrected chi connectivity index (χ0v) is 16.2. The van der Waals surface area contributed by atoms with Crippen molar-refractivity contribution >= 4 is 29.3 Å². The van der Waals surface area contributed by atoms with Gasteiger partial charge in [-0.05, 0) is 36.4 Å². The van der Waals surface area contributed by atoms with E-state index in [-0.39, 0.29) is 28.6 Å². The van der Waals surface area contributed by atoms with E-state index in [1.165, 1.54) is 30.7 Å². The molecule has 0 radical (unpaired) electrons. The van der Waals surface area contributed by atoms with Gasteiger partial charge in [-0.2, -0.15) is 13.2 Å². The standard InChI is InChI=1S/C20H16F3N3O3S/c21-20(22,23)15-7-1-2-8-16(15)26-17(27)12-30-19-14(6-3-9-24-19)18(28)25-11-13-5-4-10-29-13/h1-10H,11-12H2,(H,25,28)(H,26,27). The summed E-state index contributed by atoms with van der Waals surface area (Å²) in [6.07, 6.45) is -1.64. The molecule has 2 heterocycles. The monoisotopic (exact) mass is 435 g/mol. The van der Waals surface area contributed by atoms with Crippen molar-refractivity contribution in [2.45, 2.75) is 17.7 Å². The molecule has 30 heavy (non-hydrogen) atoms. The Balaban J connectivity index is 1.62. The van der Waals surface area contributed by atoms with E-state index in [1.54, 1.807) is 24.3 Å². The average molecular weight is 435 g/mol. The lowest BCUT2D eigenvalue weighted by Gasteiger charge is -2.13. The number of aromatic nitrogens is 1. The molecule has 0 aliphatic rings. The Labute approximate surface area is 173 Å². The average Bonchev–Trinajstić information content (AvgIpc) is 3.24. The Morgan fingerprint density at radius 1 is 1.07 bits per heavy atom. The summed E-state index contributed by atoms with van der Waals surface area (Å²) in [5.74, 6) is -0.708. The number of benzene rings is 1. The van der Waals surface area contributed by atoms with Crippen LogP contribution in [0, 0.1) is 0 Å². The Morgan fingerprint density at radius 2 is 1.87 bits per heavy atom. The molecule has 1 aromatic carbocycles. The Kier molecular flexibility index (Phi) is 6.78. The quantitative estimate of drug-likeness (QED) is 0.539. The van der Waals surface area contributed by atoms with Crippen LogP contribution in [-0.4, -0.2) is 22.6 Å². The summed E-state index contributed by atoms with van der Waals surface area (Å²) in [5.41, 5.74) is -1.01. The maximum Gasteiger partial charge on any atom is 0.418 e. The highest BCUT2D eigenvalue weighted by atomic mass is 32.2. The molecule has 0 spiro atoms. The van der Waals surface area contributed by atoms with Crippen molar-refractivity contribution in [2.24, 2.45) is 0 Å². The van der Waals surface area contributed by atoms with Crippen LogP contribution >= 0.6 is 11.8 Å². The van der Waals surface area contributed by atoms with E-state index in [1.807, 2.05) is 0 Å². The van der Waals surface area contributed by atoms with E-state index in [0.29, 0.717) is 5.76 Å². The molecule has 2 aromatic heterocycles. The molecule has 6 nitrogen and oxygen atoms in total. The zero-order chi connectivity index (χ0) is 21.6. The van der Waals surface area contributed by atoms with Gasteiger partial charge < -0.3 is 15.1 Å². The van der Waals surface area contributed by atoms with Gasteiger partial charge in [0.1, 0.15) is 10.8 Å². The summed E-state index contributed by atoms with van der Waals surface area (Å²) in [6.45, 7) is 0.180. The van der Waals surface area contributed by atoms with Gasteiger partial charge in [0.2, 0.25) is 5.91 Å². The van der Waals surface area contributed by atoms with E-state index in [2.05, 4.69) is 15.6 Å². The van der Waals surface area contributed by atoms with Crippen LogP contribution in [0.1, 0.15) is 21.7 Å². The molecule has 0 aliphatic heterocycles. The fourth-order valence-corrected chi connectivity index (χ4v) is 3.31. The third kappa shape index (κ3) is 5.63. The van der Waals surface area contributed by atoms with Crippen LogP contribution in [0.15, 0.2) is 70.4 Å². The number of halogens is 3. The summed E-state index contributed by atoms with van der Waals surface area (Å²) in [5, 5.41) is 5.23. The number of hydrogen-bond donors (Lipinski definition) is 2. The molecule has 156 valence electrons. The molecule has 2 N–H and O–H groups in total. The lowest BCUT2D eigenvalue weighted by molar-refractivity contribution is -0.137. The van der Waals surface area contributed by atoms with Crippen LogP contribution in [0.4, 0.5) is 18.9 Å². The summed E-state index contributed by atoms with van der Waals surface area (Å²) in [4.78, 5) is 28.7. The lowest BCUT2D eigenvalue weighted by Crippen LogP contribution is -2.23. The van der Waals surface area contributed by atoms with Crippen LogP contribution in [0.2, 0.25) is 0 Å². The van der Waals surface area contributed by atoms with Gasteiger partial charge in [0.15, 0.2) is 0 Å². The van der Waals surface area contributed by atoms with Crippen molar-refractivity contribution in [2.75, 3.05) is 11.1 Å². The lowest BCUT2D eigenvalue weighted by atomic mass is 10.1. The number of carbonyl (C=O) groups excluding carboxylic acids is 2. The van der Waals surface area contributed by atoms with Gasteiger partial charge in [-0.3, -0.25) is 9.59 Å². The molecule has 0 bridgehead atoms. The first-order valence-corrected chi connectivity index (χ1v) is 9.67. The molecule has 0 saturated heterocycles. The Morgan fingerprint density at radius 3 is 2.60 bits per heavy atom. The number of furan rings is 1. The van der Waals surface area contributed by atoms with Crippen LogP contribution in [0.5, 0.6) is 0 Å². The number of anilines is 1. The minimum Gasteiger partial charge on any atom is -0.467 e. The third-order valence-corrected chi connectivity index (χ3v) is 4.87. The van der Waals surface area contributed by atoms with Crippen LogP contribution < -0.4 is 10.6 Å². The van der Waals surface area contributed by atoms with Gasteiger partial charge in [-0.25, -0.2) is 4.98 Å². The summed E-state index contributed by atoms with van der Waals surface area (Å²) in [6, 6.07) is 11.2. The van der Waals surface area contributed by atoms with Crippen LogP contribution in [-0.2, 0) is 17.5 Å². The predicted octanol–water partition coefficient (Wildman–Crippen LogP) is 4.35. The van der Waals surface area contributed by atoms with Gasteiger partial charge in [0.25, 0.3) is 5.91 Å². The van der Waals surface area contributed by atoms with Crippen molar-refractivity contribution in [1.82, 2.24) is 10.3 Å². The second-order valence-electron chi connectivity index (χ2n) is 6.00. The van der Waals surface area contributed by atoms with Gasteiger partial charge in [0.05, 0.1) is 35.4 Å². The normalized spacial score (nSPS) is 11.2. The van der Waals surface area contributed by atoms with Gasteiger partial charge in [0, 0.05) is 6.20 Å². The number of rotatable bonds is 7. The first-order valence-electron chi connectivity index (χ1n) is 8.69. The third-order valence-electron chi connectivity index (χ3n) is 3.87. The Bertz CT molecular complexity index is 1020. The summed E-state index contributed by atoms with van der Waals surface area (Å²) >= 11 is 0.951. The van der Waals surface area contributed by atoms with Gasteiger partial charge >= 0.3 is 6.18 Å². The number of carbonyl (C=O) groups is 2. The van der Waals surface area contributed by atoms with Crippen LogP contribution in [0.25, 0.3) is 0 Å². The highest BCUT2D eigenvalue weighted by Gasteiger charge is 2.33. The van der Waals surface area contributed by atoms with Gasteiger partial charge in [-0.15, -0.1) is 0 Å². The maximum absolute atomic E-state index is 13.0. The van der Waals surface area contributed by atoms with Crippen LogP contribution in [0.3, 0.4) is 0 Å². The molecule has 0 aliphatic carbocycles. The molecular formula is C20H16F3N3O3S. The highest BCUT2D eigenvalue weighted by molar-refractivity contribution is 8.00. The van der Waals surface area contributed by atoms with E-state index >= 15 is 0 Å². The Hall–Kier alpha value is -3.27. The summed E-state index contributed by atoms with van der Waals surface area (Å²) in [7, 11) is 0. The van der Waals surface area contributed by atoms with E-state index in [9.17, 15) is 22.8 Å². The SMILES string of the molecule is O=C(CSc1ncccc1C(=O)NCc1ccco1)Nc1ccccc1C(F)(F)F. The summed E-state index contributed by atoms with van der Waals surface area (Å²) < 4.78 is 44.3. The first kappa shape index (κ1) is 21.4. The number of amides is 2. The smallest absolute Gasteiger partial charge is 0.418 e. The molecule has 2 amide bonds. The van der Waals surface area contributed by atoms with E-state index < -0.39 is 23.6 Å². The number of hydrogen-bond acceptors (Lipinski definition) is 5. The number of para-hydroxylation sites is 1. The second-order valence-corrected chi connectivity index (χ2v) is 6.96. The fourth-order valence-electron chi connectivity index (χ4n) is 2.51. The topological polar surface area (TPSA) is 84.2 Å². The minimum absolute atomic E-state index is 0.180. The maximum atomic E-state index is 13.0. The molecule has 0 atom stereocenters. The largest absolute Gasteiger partial charge is 0.467 e. The number of pyridine rings is 1. The molecule has 3 aromatic rings. The minimum atomic E-state index is -4.59. The molecule has 10 heteroatoms. The van der Waals surface area contributed by atoms with Crippen molar-refractivity contribution in [1.29, 1.82) is 0 Å². The fraction of sp³-hybridized carbons (Fsp3) is 0.150. The number of nitrogens with zero attached hydrogens (tertiary/aromatic N) is 1. The second kappa shape index (κ2) is 9.49.